The van der Waals surface area contributed by atoms with E-state index in [1.165, 1.54) is 14.0 Å². The molecule has 2 aromatic rings. The number of ether oxygens (including phenoxy) is 1. The highest BCUT2D eigenvalue weighted by Crippen LogP contribution is 2.36. The van der Waals surface area contributed by atoms with Crippen LogP contribution in [0, 0.1) is 18.3 Å². The summed E-state index contributed by atoms with van der Waals surface area (Å²) in [4.78, 5) is 37.2. The predicted octanol–water partition coefficient (Wildman–Crippen LogP) is 4.45. The lowest BCUT2D eigenvalue weighted by Gasteiger charge is -2.28. The van der Waals surface area contributed by atoms with Crippen LogP contribution in [0.4, 0.5) is 5.69 Å². The molecule has 0 spiro atoms. The van der Waals surface area contributed by atoms with Crippen LogP contribution in [0.25, 0.3) is 0 Å². The Morgan fingerprint density at radius 1 is 1.16 bits per heavy atom. The largest absolute Gasteiger partial charge is 0.466 e. The van der Waals surface area contributed by atoms with Crippen LogP contribution in [0.3, 0.4) is 0 Å². The van der Waals surface area contributed by atoms with Crippen LogP contribution in [0.2, 0.25) is 0 Å². The molecule has 31 heavy (non-hydrogen) atoms. The molecule has 1 aliphatic rings. The van der Waals surface area contributed by atoms with E-state index in [1.807, 2.05) is 31.2 Å². The van der Waals surface area contributed by atoms with Crippen LogP contribution in [0.15, 0.2) is 60.2 Å². The third-order valence-electron chi connectivity index (χ3n) is 5.48. The van der Waals surface area contributed by atoms with Crippen molar-refractivity contribution in [3.05, 3.63) is 76.9 Å². The van der Waals surface area contributed by atoms with Crippen molar-refractivity contribution in [2.24, 2.45) is 5.92 Å². The number of benzene rings is 2. The number of anilines is 1. The number of carbonyl (C=O) groups excluding carboxylic acids is 3. The van der Waals surface area contributed by atoms with Crippen molar-refractivity contribution in [1.82, 2.24) is 0 Å². The lowest BCUT2D eigenvalue weighted by Crippen LogP contribution is -2.30. The van der Waals surface area contributed by atoms with Gasteiger partial charge in [-0.15, -0.1) is 0 Å². The highest BCUT2D eigenvalue weighted by molar-refractivity contribution is 6.07. The number of nitrogens with one attached hydrogen (secondary N) is 2. The molecule has 3 rings (SSSR count). The summed E-state index contributed by atoms with van der Waals surface area (Å²) in [7, 11) is 1.32. The Bertz CT molecular complexity index is 1060. The molecule has 2 unspecified atom stereocenters. The Kier molecular flexibility index (Phi) is 6.80. The van der Waals surface area contributed by atoms with Crippen LogP contribution in [-0.2, 0) is 14.3 Å². The lowest BCUT2D eigenvalue weighted by molar-refractivity contribution is -0.136. The van der Waals surface area contributed by atoms with Crippen molar-refractivity contribution >= 4 is 29.1 Å². The van der Waals surface area contributed by atoms with E-state index in [1.54, 1.807) is 30.3 Å². The Labute approximate surface area is 181 Å². The van der Waals surface area contributed by atoms with Crippen LogP contribution < -0.4 is 5.32 Å². The number of Topliss-reactive ketones (excluding diaryl/α,β-unsaturated/α-hetero) is 1. The first-order chi connectivity index (χ1) is 14.8. The average Bonchev–Trinajstić information content (AvgIpc) is 2.71. The molecule has 0 aliphatic heterocycles. The smallest absolute Gasteiger partial charge is 0.334 e. The monoisotopic (exact) mass is 418 g/mol. The minimum Gasteiger partial charge on any atom is -0.466 e. The van der Waals surface area contributed by atoms with Crippen LogP contribution in [0.1, 0.15) is 47.2 Å². The zero-order valence-electron chi connectivity index (χ0n) is 17.9. The van der Waals surface area contributed by atoms with Gasteiger partial charge >= 0.3 is 5.97 Å². The van der Waals surface area contributed by atoms with Crippen molar-refractivity contribution in [1.29, 1.82) is 5.41 Å². The maximum atomic E-state index is 13.5. The van der Waals surface area contributed by atoms with Gasteiger partial charge in [0.2, 0.25) is 5.91 Å². The first-order valence-corrected chi connectivity index (χ1v) is 10.1. The third-order valence-corrected chi connectivity index (χ3v) is 5.48. The minimum atomic E-state index is -0.670. The van der Waals surface area contributed by atoms with Crippen molar-refractivity contribution in [3.63, 3.8) is 0 Å². The summed E-state index contributed by atoms with van der Waals surface area (Å²) < 4.78 is 4.80. The summed E-state index contributed by atoms with van der Waals surface area (Å²) in [6.07, 6.45) is 2.47. The highest BCUT2D eigenvalue weighted by atomic mass is 16.5. The zero-order valence-corrected chi connectivity index (χ0v) is 17.9. The maximum Gasteiger partial charge on any atom is 0.334 e. The third kappa shape index (κ3) is 4.97. The average molecular weight is 418 g/mol. The predicted molar refractivity (Wildman–Crippen MR) is 120 cm³/mol. The van der Waals surface area contributed by atoms with E-state index >= 15 is 0 Å². The molecule has 6 heteroatoms. The Balaban J connectivity index is 1.98. The number of methoxy groups -OCH3 is 1. The van der Waals surface area contributed by atoms with Crippen molar-refractivity contribution < 1.29 is 19.1 Å². The molecule has 0 saturated heterocycles. The number of aryl methyl sites for hydroxylation is 1. The number of ketones is 1. The van der Waals surface area contributed by atoms with Gasteiger partial charge in [0.15, 0.2) is 5.78 Å². The molecule has 2 atom stereocenters. The molecule has 2 N–H and O–H groups in total. The summed E-state index contributed by atoms with van der Waals surface area (Å²) in [6.45, 7) is 3.33. The van der Waals surface area contributed by atoms with Gasteiger partial charge in [0, 0.05) is 35.4 Å². The Hall–Kier alpha value is -3.54. The van der Waals surface area contributed by atoms with Gasteiger partial charge in [0.1, 0.15) is 0 Å². The maximum absolute atomic E-state index is 13.5. The zero-order chi connectivity index (χ0) is 22.5. The highest BCUT2D eigenvalue weighted by Gasteiger charge is 2.35. The van der Waals surface area contributed by atoms with Gasteiger partial charge in [-0.05, 0) is 37.0 Å². The first-order valence-electron chi connectivity index (χ1n) is 10.1. The quantitative estimate of drug-likeness (QED) is 0.376. The van der Waals surface area contributed by atoms with Crippen LogP contribution in [0.5, 0.6) is 0 Å². The van der Waals surface area contributed by atoms with Gasteiger partial charge in [0.25, 0.3) is 0 Å². The molecule has 1 amide bonds. The molecule has 0 bridgehead atoms. The molecular formula is C25H26N2O4. The van der Waals surface area contributed by atoms with Gasteiger partial charge in [-0.3, -0.25) is 9.59 Å². The summed E-state index contributed by atoms with van der Waals surface area (Å²) >= 11 is 0. The molecule has 0 saturated carbocycles. The standard InChI is InChI=1S/C25H26N2O4/c1-15-9-10-19(23(13-15)27-16(2)28)21(24(29)17-7-5-4-6-8-17)14-22(26)18-11-12-20(18)25(30)31-3/h4-10,12-13,18,21,26H,11,14H2,1-3H3,(H,27,28). The number of amides is 1. The van der Waals surface area contributed by atoms with Gasteiger partial charge in [-0.1, -0.05) is 48.5 Å². The fourth-order valence-electron chi connectivity index (χ4n) is 3.81. The second kappa shape index (κ2) is 9.51. The van der Waals surface area contributed by atoms with Crippen molar-refractivity contribution in [2.75, 3.05) is 12.4 Å². The second-order valence-corrected chi connectivity index (χ2v) is 7.72. The van der Waals surface area contributed by atoms with E-state index in [9.17, 15) is 14.4 Å². The topological polar surface area (TPSA) is 96.3 Å². The van der Waals surface area contributed by atoms with Crippen molar-refractivity contribution in [2.45, 2.75) is 32.6 Å². The first kappa shape index (κ1) is 22.2. The van der Waals surface area contributed by atoms with E-state index in [4.69, 9.17) is 10.1 Å². The molecule has 0 aromatic heterocycles. The van der Waals surface area contributed by atoms with E-state index < -0.39 is 11.9 Å². The minimum absolute atomic E-state index is 0.135. The molecule has 6 nitrogen and oxygen atoms in total. The number of hydrogen-bond donors (Lipinski definition) is 2. The SMILES string of the molecule is COC(=O)C1=CCC1C(=N)CC(C(=O)c1ccccc1)c1ccc(C)cc1NC(C)=O. The molecule has 0 heterocycles. The number of allylic oxidation sites excluding steroid dienone is 1. The summed E-state index contributed by atoms with van der Waals surface area (Å²) in [5, 5.41) is 11.5. The van der Waals surface area contributed by atoms with Gasteiger partial charge in [-0.2, -0.15) is 0 Å². The van der Waals surface area contributed by atoms with E-state index in [0.29, 0.717) is 34.5 Å². The van der Waals surface area contributed by atoms with E-state index in [2.05, 4.69) is 5.32 Å². The molecule has 160 valence electrons. The normalized spacial score (nSPS) is 15.8. The molecular weight excluding hydrogens is 392 g/mol. The summed E-state index contributed by atoms with van der Waals surface area (Å²) in [5.74, 6) is -1.84. The number of hydrogen-bond acceptors (Lipinski definition) is 5. The number of rotatable bonds is 8. The van der Waals surface area contributed by atoms with Crippen LogP contribution >= 0.6 is 0 Å². The second-order valence-electron chi connectivity index (χ2n) is 7.72. The van der Waals surface area contributed by atoms with Gasteiger partial charge in [-0.25, -0.2) is 4.79 Å². The number of esters is 1. The lowest BCUT2D eigenvalue weighted by atomic mass is 9.76. The molecule has 0 fully saturated rings. The fourth-order valence-corrected chi connectivity index (χ4v) is 3.81. The van der Waals surface area contributed by atoms with E-state index in [-0.39, 0.29) is 24.0 Å². The van der Waals surface area contributed by atoms with Crippen LogP contribution in [-0.4, -0.2) is 30.5 Å². The number of carbonyl (C=O) groups is 3. The Morgan fingerprint density at radius 3 is 2.45 bits per heavy atom. The van der Waals surface area contributed by atoms with Gasteiger partial charge in [0.05, 0.1) is 13.0 Å². The fraction of sp³-hybridized carbons (Fsp3) is 0.280. The molecule has 1 aliphatic carbocycles. The summed E-state index contributed by atoms with van der Waals surface area (Å²) in [6, 6.07) is 14.5. The van der Waals surface area contributed by atoms with Gasteiger partial charge < -0.3 is 15.5 Å². The summed E-state index contributed by atoms with van der Waals surface area (Å²) in [5.41, 5.74) is 3.46. The molecule has 0 radical (unpaired) electrons. The Morgan fingerprint density at radius 2 is 1.87 bits per heavy atom. The van der Waals surface area contributed by atoms with E-state index in [0.717, 1.165) is 5.56 Å². The van der Waals surface area contributed by atoms with Crippen molar-refractivity contribution in [3.8, 4) is 0 Å². The molecule has 2 aromatic carbocycles.